The molecular weight excluding hydrogens is 416 g/mol. The molecule has 168 valence electrons. The Labute approximate surface area is 190 Å². The molecule has 2 amide bonds. The summed E-state index contributed by atoms with van der Waals surface area (Å²) in [6.07, 6.45) is 3.51. The van der Waals surface area contributed by atoms with Crippen LogP contribution in [0.2, 0.25) is 0 Å². The molecule has 0 aromatic heterocycles. The van der Waals surface area contributed by atoms with Crippen LogP contribution in [0.4, 0.5) is 0 Å². The number of nitrogens with zero attached hydrogens (tertiary/aromatic N) is 1. The van der Waals surface area contributed by atoms with Gasteiger partial charge in [0.2, 0.25) is 11.8 Å². The SMILES string of the molecule is CSCCCNC(=O)C1Cc2ccccc2CN1C(=O)[C@@H](NCC(N)CS)C(C)C. The first-order valence-corrected chi connectivity index (χ1v) is 12.6. The molecule has 0 aliphatic carbocycles. The van der Waals surface area contributed by atoms with Gasteiger partial charge in [0.15, 0.2) is 0 Å². The van der Waals surface area contributed by atoms with Gasteiger partial charge in [-0.05, 0) is 35.5 Å². The lowest BCUT2D eigenvalue weighted by molar-refractivity contribution is -0.144. The van der Waals surface area contributed by atoms with Gasteiger partial charge < -0.3 is 21.3 Å². The minimum absolute atomic E-state index is 0.0462. The average molecular weight is 453 g/mol. The first-order chi connectivity index (χ1) is 14.4. The van der Waals surface area contributed by atoms with E-state index in [1.165, 1.54) is 0 Å². The Morgan fingerprint density at radius 2 is 2.00 bits per heavy atom. The van der Waals surface area contributed by atoms with Gasteiger partial charge >= 0.3 is 0 Å². The summed E-state index contributed by atoms with van der Waals surface area (Å²) in [5, 5.41) is 6.34. The number of nitrogens with one attached hydrogen (secondary N) is 2. The van der Waals surface area contributed by atoms with E-state index in [1.807, 2.05) is 32.0 Å². The largest absolute Gasteiger partial charge is 0.354 e. The maximum Gasteiger partial charge on any atom is 0.243 e. The molecule has 1 heterocycles. The number of hydrogen-bond acceptors (Lipinski definition) is 6. The minimum Gasteiger partial charge on any atom is -0.354 e. The molecule has 4 N–H and O–H groups in total. The van der Waals surface area contributed by atoms with Crippen LogP contribution >= 0.6 is 24.4 Å². The Morgan fingerprint density at radius 3 is 2.63 bits per heavy atom. The zero-order valence-corrected chi connectivity index (χ0v) is 20.0. The van der Waals surface area contributed by atoms with Crippen molar-refractivity contribution in [2.24, 2.45) is 11.7 Å². The molecule has 8 heteroatoms. The second-order valence-corrected chi connectivity index (χ2v) is 9.52. The third-order valence-corrected chi connectivity index (χ3v) is 6.59. The molecule has 0 radical (unpaired) electrons. The summed E-state index contributed by atoms with van der Waals surface area (Å²) in [7, 11) is 0. The van der Waals surface area contributed by atoms with Gasteiger partial charge in [0.25, 0.3) is 0 Å². The molecule has 0 saturated carbocycles. The molecule has 1 aromatic carbocycles. The lowest BCUT2D eigenvalue weighted by Gasteiger charge is -2.39. The van der Waals surface area contributed by atoms with Crippen LogP contribution in [-0.2, 0) is 22.6 Å². The fourth-order valence-electron chi connectivity index (χ4n) is 3.66. The number of nitrogens with two attached hydrogens (primary N) is 1. The fourth-order valence-corrected chi connectivity index (χ4v) is 4.23. The zero-order chi connectivity index (χ0) is 22.1. The van der Waals surface area contributed by atoms with Crippen molar-refractivity contribution in [1.29, 1.82) is 0 Å². The van der Waals surface area contributed by atoms with Crippen LogP contribution in [0.1, 0.15) is 31.4 Å². The molecule has 1 aliphatic rings. The van der Waals surface area contributed by atoms with Crippen LogP contribution in [0.25, 0.3) is 0 Å². The lowest BCUT2D eigenvalue weighted by atomic mass is 9.91. The fraction of sp³-hybridized carbons (Fsp3) is 0.636. The normalized spacial score (nSPS) is 18.1. The van der Waals surface area contributed by atoms with Crippen LogP contribution in [0.3, 0.4) is 0 Å². The second-order valence-electron chi connectivity index (χ2n) is 8.16. The van der Waals surface area contributed by atoms with Crippen molar-refractivity contribution in [3.63, 3.8) is 0 Å². The molecule has 1 aromatic rings. The standard InChI is InChI=1S/C22H36N4O2S2/c1-15(2)20(25-12-18(23)14-29)22(28)26-13-17-8-5-4-7-16(17)11-19(26)21(27)24-9-6-10-30-3/h4-5,7-8,15,18-20,25,29H,6,9-14,23H2,1-3H3,(H,24,27)/t18?,19?,20-/m0/s1. The van der Waals surface area contributed by atoms with Crippen molar-refractivity contribution >= 4 is 36.2 Å². The topological polar surface area (TPSA) is 87.5 Å². The maximum absolute atomic E-state index is 13.6. The smallest absolute Gasteiger partial charge is 0.243 e. The Balaban J connectivity index is 2.20. The molecule has 0 spiro atoms. The van der Waals surface area contributed by atoms with E-state index in [4.69, 9.17) is 5.73 Å². The number of thiol groups is 1. The average Bonchev–Trinajstić information content (AvgIpc) is 2.75. The summed E-state index contributed by atoms with van der Waals surface area (Å²) >= 11 is 5.99. The van der Waals surface area contributed by atoms with E-state index in [-0.39, 0.29) is 23.8 Å². The summed E-state index contributed by atoms with van der Waals surface area (Å²) in [5.41, 5.74) is 8.23. The van der Waals surface area contributed by atoms with Gasteiger partial charge in [-0.1, -0.05) is 38.1 Å². The van der Waals surface area contributed by atoms with Crippen molar-refractivity contribution in [3.05, 3.63) is 35.4 Å². The van der Waals surface area contributed by atoms with Crippen molar-refractivity contribution in [2.45, 2.75) is 51.4 Å². The highest BCUT2D eigenvalue weighted by Gasteiger charge is 2.38. The van der Waals surface area contributed by atoms with Crippen LogP contribution < -0.4 is 16.4 Å². The van der Waals surface area contributed by atoms with Crippen LogP contribution in [-0.4, -0.2) is 65.7 Å². The van der Waals surface area contributed by atoms with E-state index in [2.05, 4.69) is 35.6 Å². The molecule has 2 unspecified atom stereocenters. The van der Waals surface area contributed by atoms with Gasteiger partial charge in [0.1, 0.15) is 6.04 Å². The maximum atomic E-state index is 13.6. The number of hydrogen-bond donors (Lipinski definition) is 4. The van der Waals surface area contributed by atoms with Gasteiger partial charge in [0.05, 0.1) is 6.04 Å². The molecule has 6 nitrogen and oxygen atoms in total. The number of benzene rings is 1. The Morgan fingerprint density at radius 1 is 1.30 bits per heavy atom. The highest BCUT2D eigenvalue weighted by molar-refractivity contribution is 7.98. The summed E-state index contributed by atoms with van der Waals surface area (Å²) in [6, 6.07) is 7.04. The molecule has 3 atom stereocenters. The Hall–Kier alpha value is -1.22. The van der Waals surface area contributed by atoms with Gasteiger partial charge in [0, 0.05) is 37.8 Å². The van der Waals surface area contributed by atoms with E-state index in [9.17, 15) is 9.59 Å². The number of rotatable bonds is 11. The van der Waals surface area contributed by atoms with E-state index in [0.717, 1.165) is 23.3 Å². The van der Waals surface area contributed by atoms with Crippen LogP contribution in [0.5, 0.6) is 0 Å². The van der Waals surface area contributed by atoms with Gasteiger partial charge in [-0.15, -0.1) is 0 Å². The number of thioether (sulfide) groups is 1. The summed E-state index contributed by atoms with van der Waals surface area (Å²) in [5.74, 6) is 1.50. The van der Waals surface area contributed by atoms with Crippen LogP contribution in [0.15, 0.2) is 24.3 Å². The third-order valence-electron chi connectivity index (χ3n) is 5.43. The van der Waals surface area contributed by atoms with Crippen molar-refractivity contribution < 1.29 is 9.59 Å². The second kappa shape index (κ2) is 12.6. The highest BCUT2D eigenvalue weighted by atomic mass is 32.2. The summed E-state index contributed by atoms with van der Waals surface area (Å²) in [6.45, 7) is 5.60. The lowest BCUT2D eigenvalue weighted by Crippen LogP contribution is -2.59. The number of carbonyl (C=O) groups is 2. The molecule has 0 fully saturated rings. The Kier molecular flexibility index (Phi) is 10.5. The molecule has 0 bridgehead atoms. The van der Waals surface area contributed by atoms with Crippen LogP contribution in [0, 0.1) is 5.92 Å². The number of carbonyl (C=O) groups excluding carboxylic acids is 2. The van der Waals surface area contributed by atoms with Crippen molar-refractivity contribution in [1.82, 2.24) is 15.5 Å². The van der Waals surface area contributed by atoms with Gasteiger partial charge in [-0.25, -0.2) is 0 Å². The predicted octanol–water partition coefficient (Wildman–Crippen LogP) is 1.68. The Bertz CT molecular complexity index is 701. The summed E-state index contributed by atoms with van der Waals surface area (Å²) < 4.78 is 0. The van der Waals surface area contributed by atoms with E-state index >= 15 is 0 Å². The third kappa shape index (κ3) is 6.90. The minimum atomic E-state index is -0.497. The van der Waals surface area contributed by atoms with Crippen molar-refractivity contribution in [2.75, 3.05) is 30.9 Å². The summed E-state index contributed by atoms with van der Waals surface area (Å²) in [4.78, 5) is 28.3. The van der Waals surface area contributed by atoms with Gasteiger partial charge in [-0.2, -0.15) is 24.4 Å². The molecule has 1 aliphatic heterocycles. The first kappa shape index (κ1) is 25.0. The van der Waals surface area contributed by atoms with Crippen molar-refractivity contribution in [3.8, 4) is 0 Å². The quantitative estimate of drug-likeness (QED) is 0.303. The highest BCUT2D eigenvalue weighted by Crippen LogP contribution is 2.25. The monoisotopic (exact) mass is 452 g/mol. The number of fused-ring (bicyclic) bond motifs is 1. The van der Waals surface area contributed by atoms with E-state index in [0.29, 0.717) is 31.8 Å². The van der Waals surface area contributed by atoms with E-state index in [1.54, 1.807) is 16.7 Å². The van der Waals surface area contributed by atoms with Gasteiger partial charge in [-0.3, -0.25) is 9.59 Å². The first-order valence-electron chi connectivity index (χ1n) is 10.6. The number of amides is 2. The molecule has 30 heavy (non-hydrogen) atoms. The molecule has 0 saturated heterocycles. The molecular formula is C22H36N4O2S2. The molecule has 2 rings (SSSR count). The zero-order valence-electron chi connectivity index (χ0n) is 18.3. The predicted molar refractivity (Wildman–Crippen MR) is 129 cm³/mol. The van der Waals surface area contributed by atoms with E-state index < -0.39 is 12.1 Å².